The second-order valence-corrected chi connectivity index (χ2v) is 9.20. The number of benzene rings is 1. The molecule has 12 heteroatoms. The molecule has 1 aliphatic heterocycles. The van der Waals surface area contributed by atoms with Crippen molar-refractivity contribution in [3.8, 4) is 17.6 Å². The quantitative estimate of drug-likeness (QED) is 0.226. The van der Waals surface area contributed by atoms with Crippen LogP contribution >= 0.6 is 0 Å². The van der Waals surface area contributed by atoms with Gasteiger partial charge in [0.15, 0.2) is 17.5 Å². The molecule has 11 nitrogen and oxygen atoms in total. The third kappa shape index (κ3) is 6.50. The van der Waals surface area contributed by atoms with Crippen LogP contribution in [0.3, 0.4) is 0 Å². The van der Waals surface area contributed by atoms with Gasteiger partial charge in [-0.05, 0) is 38.0 Å². The predicted molar refractivity (Wildman–Crippen MR) is 151 cm³/mol. The number of hydrogen-bond acceptors (Lipinski definition) is 10. The Hall–Kier alpha value is -4.42. The Labute approximate surface area is 236 Å². The molecule has 0 saturated carbocycles. The minimum Gasteiger partial charge on any atom is -0.475 e. The van der Waals surface area contributed by atoms with E-state index in [0.717, 1.165) is 25.5 Å². The zero-order valence-electron chi connectivity index (χ0n) is 23.1. The van der Waals surface area contributed by atoms with E-state index in [1.807, 2.05) is 24.0 Å². The normalized spacial score (nSPS) is 14.5. The van der Waals surface area contributed by atoms with Crippen LogP contribution in [0.5, 0.6) is 11.8 Å². The highest BCUT2D eigenvalue weighted by Gasteiger charge is 2.29. The van der Waals surface area contributed by atoms with Gasteiger partial charge in [-0.1, -0.05) is 6.07 Å². The third-order valence-corrected chi connectivity index (χ3v) is 6.69. The highest BCUT2D eigenvalue weighted by Crippen LogP contribution is 2.32. The van der Waals surface area contributed by atoms with Gasteiger partial charge >= 0.3 is 0 Å². The van der Waals surface area contributed by atoms with E-state index in [0.29, 0.717) is 61.4 Å². The van der Waals surface area contributed by atoms with Crippen LogP contribution in [-0.4, -0.2) is 77.5 Å². The van der Waals surface area contributed by atoms with Gasteiger partial charge in [0.1, 0.15) is 19.0 Å². The van der Waals surface area contributed by atoms with Crippen molar-refractivity contribution in [2.45, 2.75) is 25.8 Å². The minimum atomic E-state index is -0.555. The summed E-state index contributed by atoms with van der Waals surface area (Å²) >= 11 is 0. The van der Waals surface area contributed by atoms with Gasteiger partial charge in [-0.15, -0.1) is 0 Å². The van der Waals surface area contributed by atoms with Crippen LogP contribution in [0, 0.1) is 12.7 Å². The van der Waals surface area contributed by atoms with Gasteiger partial charge in [0.05, 0.1) is 41.8 Å². The Balaban J connectivity index is 0.00000189. The van der Waals surface area contributed by atoms with Gasteiger partial charge in [0, 0.05) is 44.1 Å². The van der Waals surface area contributed by atoms with Crippen molar-refractivity contribution in [2.75, 3.05) is 45.5 Å². The maximum atomic E-state index is 15.5. The van der Waals surface area contributed by atoms with Crippen LogP contribution in [-0.2, 0) is 4.74 Å². The Kier molecular flexibility index (Phi) is 9.93. The molecule has 0 aliphatic carbocycles. The maximum Gasteiger partial charge on any atom is 0.232 e. The number of aromatic nitrogens is 4. The molecule has 4 heterocycles. The molecule has 0 amide bonds. The maximum absolute atomic E-state index is 15.5. The van der Waals surface area contributed by atoms with E-state index in [2.05, 4.69) is 15.0 Å². The first-order valence-corrected chi connectivity index (χ1v) is 13.0. The Morgan fingerprint density at radius 2 is 1.98 bits per heavy atom. The average Bonchev–Trinajstić information content (AvgIpc) is 3.47. The summed E-state index contributed by atoms with van der Waals surface area (Å²) in [5.74, 6) is 0.633. The average molecular weight is 566 g/mol. The fourth-order valence-electron chi connectivity index (χ4n) is 4.71. The van der Waals surface area contributed by atoms with Crippen LogP contribution in [0.4, 0.5) is 10.1 Å². The molecule has 41 heavy (non-hydrogen) atoms. The fraction of sp³-hybridized carbons (Fsp3) is 0.345. The van der Waals surface area contributed by atoms with E-state index < -0.39 is 11.2 Å². The van der Waals surface area contributed by atoms with Gasteiger partial charge in [-0.25, -0.2) is 19.3 Å². The monoisotopic (exact) mass is 565 g/mol. The minimum absolute atomic E-state index is 0.0687. The van der Waals surface area contributed by atoms with Crippen molar-refractivity contribution in [1.82, 2.24) is 19.5 Å². The molecule has 0 radical (unpaired) electrons. The highest BCUT2D eigenvalue weighted by molar-refractivity contribution is 5.89. The van der Waals surface area contributed by atoms with Crippen molar-refractivity contribution >= 4 is 22.9 Å². The smallest absolute Gasteiger partial charge is 0.232 e. The van der Waals surface area contributed by atoms with E-state index in [1.54, 1.807) is 23.9 Å². The number of halogens is 1. The summed E-state index contributed by atoms with van der Waals surface area (Å²) in [5, 5.41) is 7.07. The zero-order chi connectivity index (χ0) is 29.4. The molecule has 4 aromatic rings. The Morgan fingerprint density at radius 1 is 1.15 bits per heavy atom. The SMILES string of the molecule is CO.COCCOc1cnc(-n2cc(C=O)c(=O)c3cc(F)c(N4CCCC4COc4ncccc4C)cc32)cn1. The molecular weight excluding hydrogens is 533 g/mol. The summed E-state index contributed by atoms with van der Waals surface area (Å²) in [4.78, 5) is 39.5. The van der Waals surface area contributed by atoms with Crippen LogP contribution < -0.4 is 19.8 Å². The van der Waals surface area contributed by atoms with Crippen molar-refractivity contribution in [2.24, 2.45) is 0 Å². The van der Waals surface area contributed by atoms with E-state index in [1.165, 1.54) is 24.7 Å². The number of aldehydes is 1. The number of rotatable bonds is 10. The Bertz CT molecular complexity index is 1550. The van der Waals surface area contributed by atoms with Crippen molar-refractivity contribution in [3.05, 3.63) is 76.2 Å². The second-order valence-electron chi connectivity index (χ2n) is 9.20. The molecular formula is C29H32FN5O6. The molecule has 1 N–H and O–H groups in total. The van der Waals surface area contributed by atoms with Crippen LogP contribution in [0.25, 0.3) is 16.7 Å². The lowest BCUT2D eigenvalue weighted by Crippen LogP contribution is -2.35. The zero-order valence-corrected chi connectivity index (χ0v) is 23.1. The lowest BCUT2D eigenvalue weighted by molar-refractivity contribution is 0.112. The molecule has 1 saturated heterocycles. The number of carbonyl (C=O) groups is 1. The number of anilines is 1. The number of ether oxygens (including phenoxy) is 3. The molecule has 1 unspecified atom stereocenters. The molecule has 1 atom stereocenters. The summed E-state index contributed by atoms with van der Waals surface area (Å²) in [6, 6.07) is 6.49. The van der Waals surface area contributed by atoms with Crippen molar-refractivity contribution in [3.63, 3.8) is 0 Å². The number of carbonyl (C=O) groups excluding carboxylic acids is 1. The van der Waals surface area contributed by atoms with E-state index in [4.69, 9.17) is 19.3 Å². The fourth-order valence-corrected chi connectivity index (χ4v) is 4.71. The van der Waals surface area contributed by atoms with Gasteiger partial charge < -0.3 is 24.2 Å². The number of aliphatic hydroxyl groups is 1. The third-order valence-electron chi connectivity index (χ3n) is 6.69. The number of hydrogen-bond donors (Lipinski definition) is 1. The van der Waals surface area contributed by atoms with Crippen molar-refractivity contribution in [1.29, 1.82) is 0 Å². The number of aryl methyl sites for hydroxylation is 1. The lowest BCUT2D eigenvalue weighted by atomic mass is 10.1. The van der Waals surface area contributed by atoms with Crippen LogP contribution in [0.2, 0.25) is 0 Å². The molecule has 3 aromatic heterocycles. The summed E-state index contributed by atoms with van der Waals surface area (Å²) in [6.45, 7) is 3.59. The summed E-state index contributed by atoms with van der Waals surface area (Å²) in [7, 11) is 2.57. The Morgan fingerprint density at radius 3 is 2.68 bits per heavy atom. The molecule has 1 aromatic carbocycles. The number of aliphatic hydroxyl groups excluding tert-OH is 1. The standard InChI is InChI=1S/C28H28FN5O5.CH4O/c1-18-5-3-7-30-28(18)39-17-20-6-4-8-33(20)24-12-23-21(11-22(24)29)27(36)19(16-35)15-34(23)25-13-32-26(14-31-25)38-10-9-37-2;1-2/h3,5,7,11-16,20H,4,6,8-10,17H2,1-2H3;2H,1H3. The van der Waals surface area contributed by atoms with Gasteiger partial charge in [-0.2, -0.15) is 0 Å². The number of pyridine rings is 2. The van der Waals surface area contributed by atoms with Crippen molar-refractivity contribution < 1.29 is 28.5 Å². The van der Waals surface area contributed by atoms with E-state index in [-0.39, 0.29) is 17.0 Å². The van der Waals surface area contributed by atoms with E-state index in [9.17, 15) is 9.59 Å². The second kappa shape index (κ2) is 13.8. The topological polar surface area (TPSA) is 129 Å². The van der Waals surface area contributed by atoms with Gasteiger partial charge in [0.2, 0.25) is 11.8 Å². The molecule has 5 rings (SSSR count). The summed E-state index contributed by atoms with van der Waals surface area (Å²) < 4.78 is 33.5. The number of methoxy groups -OCH3 is 1. The largest absolute Gasteiger partial charge is 0.475 e. The molecule has 0 bridgehead atoms. The summed E-state index contributed by atoms with van der Waals surface area (Å²) in [6.07, 6.45) is 8.09. The molecule has 216 valence electrons. The van der Waals surface area contributed by atoms with Crippen LogP contribution in [0.1, 0.15) is 28.8 Å². The highest BCUT2D eigenvalue weighted by atomic mass is 19.1. The van der Waals surface area contributed by atoms with Gasteiger partial charge in [0.25, 0.3) is 0 Å². The number of fused-ring (bicyclic) bond motifs is 1. The number of nitrogens with zero attached hydrogens (tertiary/aromatic N) is 5. The summed E-state index contributed by atoms with van der Waals surface area (Å²) in [5.41, 5.74) is 0.989. The predicted octanol–water partition coefficient (Wildman–Crippen LogP) is 3.12. The molecule has 1 aliphatic rings. The van der Waals surface area contributed by atoms with Gasteiger partial charge in [-0.3, -0.25) is 14.2 Å². The van der Waals surface area contributed by atoms with Crippen LogP contribution in [0.15, 0.2) is 53.8 Å². The first-order valence-electron chi connectivity index (χ1n) is 13.0. The van der Waals surface area contributed by atoms with E-state index >= 15 is 4.39 Å². The molecule has 0 spiro atoms. The molecule has 1 fully saturated rings. The first kappa shape index (κ1) is 29.6. The lowest BCUT2D eigenvalue weighted by Gasteiger charge is -2.28. The first-order chi connectivity index (χ1) is 20.0.